The third kappa shape index (κ3) is 5.17. The van der Waals surface area contributed by atoms with E-state index < -0.39 is 0 Å². The van der Waals surface area contributed by atoms with E-state index in [9.17, 15) is 0 Å². The molecular formula is C12H22. The predicted octanol–water partition coefficient (Wildman–Crippen LogP) is 4.19. The first-order valence-electron chi connectivity index (χ1n) is 4.94. The zero-order valence-corrected chi connectivity index (χ0v) is 8.88. The second-order valence-electron chi connectivity index (χ2n) is 3.56. The molecule has 0 saturated carbocycles. The maximum absolute atomic E-state index is 2.33. The van der Waals surface area contributed by atoms with Crippen molar-refractivity contribution in [1.29, 1.82) is 0 Å². The summed E-state index contributed by atoms with van der Waals surface area (Å²) in [6.07, 6.45) is 11.2. The van der Waals surface area contributed by atoms with Crippen molar-refractivity contribution in [1.82, 2.24) is 0 Å². The molecule has 0 aromatic rings. The van der Waals surface area contributed by atoms with Gasteiger partial charge in [-0.15, -0.1) is 0 Å². The number of hydrogen-bond acceptors (Lipinski definition) is 0. The predicted molar refractivity (Wildman–Crippen MR) is 57.2 cm³/mol. The average molecular weight is 166 g/mol. The van der Waals surface area contributed by atoms with Crippen molar-refractivity contribution in [3.8, 4) is 0 Å². The molecule has 2 atom stereocenters. The smallest absolute Gasteiger partial charge is 0.0322 e. The van der Waals surface area contributed by atoms with Crippen LogP contribution < -0.4 is 0 Å². The third-order valence-electron chi connectivity index (χ3n) is 2.46. The summed E-state index contributed by atoms with van der Waals surface area (Å²) in [5.74, 6) is 1.61. The molecule has 0 aromatic heterocycles. The van der Waals surface area contributed by atoms with Crippen molar-refractivity contribution in [2.24, 2.45) is 11.8 Å². The van der Waals surface area contributed by atoms with Crippen LogP contribution in [0.25, 0.3) is 0 Å². The van der Waals surface area contributed by atoms with E-state index in [1.165, 1.54) is 12.8 Å². The van der Waals surface area contributed by atoms with E-state index in [0.717, 1.165) is 11.8 Å². The zero-order valence-electron chi connectivity index (χ0n) is 8.88. The standard InChI is InChI=1S/C12H22/c1-5-7-9-11(3)12(4)10-8-6-2/h5-8,11-12H,9-10H2,1-4H3. The summed E-state index contributed by atoms with van der Waals surface area (Å²) >= 11 is 0. The van der Waals surface area contributed by atoms with E-state index in [0.29, 0.717) is 0 Å². The van der Waals surface area contributed by atoms with Crippen LogP contribution in [0.5, 0.6) is 0 Å². The Kier molecular flexibility index (Phi) is 6.84. The fraction of sp³-hybridized carbons (Fsp3) is 0.667. The second kappa shape index (κ2) is 7.15. The normalized spacial score (nSPS) is 17.3. The second-order valence-corrected chi connectivity index (χ2v) is 3.56. The van der Waals surface area contributed by atoms with Gasteiger partial charge >= 0.3 is 0 Å². The highest BCUT2D eigenvalue weighted by Gasteiger charge is 2.07. The molecule has 0 bridgehead atoms. The summed E-state index contributed by atoms with van der Waals surface area (Å²) in [6.45, 7) is 8.83. The zero-order chi connectivity index (χ0) is 9.40. The molecule has 70 valence electrons. The first-order chi connectivity index (χ1) is 5.72. The van der Waals surface area contributed by atoms with Crippen LogP contribution in [0.3, 0.4) is 0 Å². The van der Waals surface area contributed by atoms with Gasteiger partial charge < -0.3 is 0 Å². The van der Waals surface area contributed by atoms with Crippen LogP contribution in [0.15, 0.2) is 24.3 Å². The topological polar surface area (TPSA) is 0 Å². The molecular weight excluding hydrogens is 144 g/mol. The van der Waals surface area contributed by atoms with Gasteiger partial charge in [0.15, 0.2) is 0 Å². The highest BCUT2D eigenvalue weighted by molar-refractivity contribution is 4.84. The Morgan fingerprint density at radius 3 is 1.42 bits per heavy atom. The van der Waals surface area contributed by atoms with E-state index in [1.54, 1.807) is 0 Å². The Hall–Kier alpha value is -0.520. The largest absolute Gasteiger partial charge is 0.0917 e. The molecule has 0 radical (unpaired) electrons. The molecule has 0 aliphatic heterocycles. The van der Waals surface area contributed by atoms with Gasteiger partial charge in [-0.05, 0) is 38.5 Å². The van der Waals surface area contributed by atoms with Gasteiger partial charge in [-0.2, -0.15) is 0 Å². The molecule has 0 saturated heterocycles. The van der Waals surface area contributed by atoms with Crippen molar-refractivity contribution < 1.29 is 0 Å². The van der Waals surface area contributed by atoms with Crippen molar-refractivity contribution in [3.63, 3.8) is 0 Å². The molecule has 0 spiro atoms. The molecule has 0 amide bonds. The van der Waals surface area contributed by atoms with E-state index in [4.69, 9.17) is 0 Å². The van der Waals surface area contributed by atoms with E-state index >= 15 is 0 Å². The van der Waals surface area contributed by atoms with E-state index in [1.807, 2.05) is 0 Å². The third-order valence-corrected chi connectivity index (χ3v) is 2.46. The van der Waals surface area contributed by atoms with E-state index in [2.05, 4.69) is 52.0 Å². The first kappa shape index (κ1) is 11.5. The summed E-state index contributed by atoms with van der Waals surface area (Å²) in [5, 5.41) is 0. The van der Waals surface area contributed by atoms with E-state index in [-0.39, 0.29) is 0 Å². The fourth-order valence-corrected chi connectivity index (χ4v) is 1.17. The van der Waals surface area contributed by atoms with Gasteiger partial charge in [0.25, 0.3) is 0 Å². The number of rotatable bonds is 5. The van der Waals surface area contributed by atoms with Crippen molar-refractivity contribution in [3.05, 3.63) is 24.3 Å². The highest BCUT2D eigenvalue weighted by atomic mass is 14.1. The summed E-state index contributed by atoms with van der Waals surface area (Å²) in [7, 11) is 0. The quantitative estimate of drug-likeness (QED) is 0.537. The van der Waals surface area contributed by atoms with Gasteiger partial charge in [-0.25, -0.2) is 0 Å². The van der Waals surface area contributed by atoms with Crippen molar-refractivity contribution >= 4 is 0 Å². The monoisotopic (exact) mass is 166 g/mol. The first-order valence-corrected chi connectivity index (χ1v) is 4.94. The van der Waals surface area contributed by atoms with Crippen molar-refractivity contribution in [2.45, 2.75) is 40.5 Å². The summed E-state index contributed by atoms with van der Waals surface area (Å²) in [6, 6.07) is 0. The lowest BCUT2D eigenvalue weighted by Crippen LogP contribution is -2.05. The van der Waals surface area contributed by atoms with Gasteiger partial charge in [-0.1, -0.05) is 38.2 Å². The van der Waals surface area contributed by atoms with Crippen LogP contribution in [0, 0.1) is 11.8 Å². The molecule has 0 aromatic carbocycles. The fourth-order valence-electron chi connectivity index (χ4n) is 1.17. The van der Waals surface area contributed by atoms with Crippen LogP contribution in [0.1, 0.15) is 40.5 Å². The van der Waals surface area contributed by atoms with Crippen LogP contribution in [-0.2, 0) is 0 Å². The molecule has 0 N–H and O–H groups in total. The molecule has 0 nitrogen and oxygen atoms in total. The average Bonchev–Trinajstić information content (AvgIpc) is 2.10. The molecule has 0 rings (SSSR count). The SMILES string of the molecule is CC=CCC(C)C(C)CC=CC. The lowest BCUT2D eigenvalue weighted by atomic mass is 9.90. The van der Waals surface area contributed by atoms with Crippen LogP contribution in [0.2, 0.25) is 0 Å². The molecule has 0 fully saturated rings. The minimum atomic E-state index is 0.803. The van der Waals surface area contributed by atoms with Gasteiger partial charge in [-0.3, -0.25) is 0 Å². The minimum absolute atomic E-state index is 0.803. The Morgan fingerprint density at radius 1 is 0.833 bits per heavy atom. The summed E-state index contributed by atoms with van der Waals surface area (Å²) in [4.78, 5) is 0. The highest BCUT2D eigenvalue weighted by Crippen LogP contribution is 2.19. The Labute approximate surface area is 77.4 Å². The lowest BCUT2D eigenvalue weighted by molar-refractivity contribution is 0.395. The summed E-state index contributed by atoms with van der Waals surface area (Å²) in [5.41, 5.74) is 0. The summed E-state index contributed by atoms with van der Waals surface area (Å²) < 4.78 is 0. The van der Waals surface area contributed by atoms with Crippen LogP contribution in [0.4, 0.5) is 0 Å². The Balaban J connectivity index is 3.67. The lowest BCUT2D eigenvalue weighted by Gasteiger charge is -2.16. The van der Waals surface area contributed by atoms with Gasteiger partial charge in [0, 0.05) is 0 Å². The Bertz CT molecular complexity index is 124. The molecule has 0 aliphatic carbocycles. The molecule has 2 unspecified atom stereocenters. The van der Waals surface area contributed by atoms with Crippen LogP contribution >= 0.6 is 0 Å². The van der Waals surface area contributed by atoms with Gasteiger partial charge in [0.05, 0.1) is 0 Å². The van der Waals surface area contributed by atoms with Gasteiger partial charge in [0.2, 0.25) is 0 Å². The molecule has 0 heteroatoms. The Morgan fingerprint density at radius 2 is 1.17 bits per heavy atom. The van der Waals surface area contributed by atoms with Gasteiger partial charge in [0.1, 0.15) is 0 Å². The number of hydrogen-bond donors (Lipinski definition) is 0. The number of allylic oxidation sites excluding steroid dienone is 4. The maximum Gasteiger partial charge on any atom is -0.0322 e. The molecule has 12 heavy (non-hydrogen) atoms. The molecule has 0 aliphatic rings. The van der Waals surface area contributed by atoms with Crippen molar-refractivity contribution in [2.75, 3.05) is 0 Å². The minimum Gasteiger partial charge on any atom is -0.0917 e. The maximum atomic E-state index is 2.33. The van der Waals surface area contributed by atoms with Crippen LogP contribution in [-0.4, -0.2) is 0 Å². The molecule has 0 heterocycles.